The number of alkyl halides is 2. The van der Waals surface area contributed by atoms with Crippen LogP contribution in [0.25, 0.3) is 0 Å². The van der Waals surface area contributed by atoms with Crippen molar-refractivity contribution in [3.63, 3.8) is 0 Å². The second kappa shape index (κ2) is 5.60. The molecule has 4 atom stereocenters. The lowest BCUT2D eigenvalue weighted by atomic mass is 10.0. The molecule has 1 aromatic carbocycles. The predicted octanol–water partition coefficient (Wildman–Crippen LogP) is 4.39. The van der Waals surface area contributed by atoms with Crippen molar-refractivity contribution >= 4 is 40.5 Å². The van der Waals surface area contributed by atoms with Crippen LogP contribution in [-0.4, -0.2) is 15.2 Å². The highest BCUT2D eigenvalue weighted by Gasteiger charge is 2.65. The molecule has 1 aromatic rings. The number of amides is 1. The highest BCUT2D eigenvalue weighted by molar-refractivity contribution is 6.51. The van der Waals surface area contributed by atoms with Crippen LogP contribution in [0.1, 0.15) is 25.7 Å². The number of fused-ring (bicyclic) bond motifs is 2. The topological polar surface area (TPSA) is 72.2 Å². The number of nitrogens with one attached hydrogen (secondary N) is 1. The Labute approximate surface area is 149 Å². The number of non-ortho nitro benzene ring substituents is 1. The number of halogens is 2. The summed E-state index contributed by atoms with van der Waals surface area (Å²) in [5, 5.41) is 13.6. The van der Waals surface area contributed by atoms with Crippen molar-refractivity contribution in [2.45, 2.75) is 30.0 Å². The van der Waals surface area contributed by atoms with Gasteiger partial charge in [-0.15, -0.1) is 23.2 Å². The molecule has 0 unspecified atom stereocenters. The van der Waals surface area contributed by atoms with Gasteiger partial charge >= 0.3 is 0 Å². The van der Waals surface area contributed by atoms with Crippen LogP contribution in [0.5, 0.6) is 0 Å². The maximum absolute atomic E-state index is 12.5. The number of hydrogen-bond acceptors (Lipinski definition) is 3. The zero-order valence-electron chi connectivity index (χ0n) is 13.0. The monoisotopic (exact) mass is 368 g/mol. The largest absolute Gasteiger partial charge is 0.326 e. The first kappa shape index (κ1) is 16.2. The maximum atomic E-state index is 12.5. The lowest BCUT2D eigenvalue weighted by molar-refractivity contribution is -0.384. The Kier molecular flexibility index (Phi) is 3.77. The molecule has 128 valence electrons. The normalized spacial score (nSPS) is 35.7. The third-order valence-corrected chi connectivity index (χ3v) is 7.09. The van der Waals surface area contributed by atoms with Crippen LogP contribution in [0, 0.1) is 39.7 Å². The Morgan fingerprint density at radius 2 is 1.62 bits per heavy atom. The lowest BCUT2D eigenvalue weighted by Crippen LogP contribution is -2.15. The zero-order valence-corrected chi connectivity index (χ0v) is 14.5. The van der Waals surface area contributed by atoms with E-state index in [1.54, 1.807) is 12.1 Å². The Balaban J connectivity index is 1.36. The fraction of sp³-hybridized carbons (Fsp3) is 0.588. The first-order valence-electron chi connectivity index (χ1n) is 8.32. The number of nitro groups is 1. The minimum Gasteiger partial charge on any atom is -0.326 e. The summed E-state index contributed by atoms with van der Waals surface area (Å²) >= 11 is 12.6. The number of hydrogen-bond donors (Lipinski definition) is 1. The molecule has 3 fully saturated rings. The van der Waals surface area contributed by atoms with Crippen molar-refractivity contribution in [2.24, 2.45) is 29.6 Å². The van der Waals surface area contributed by atoms with Crippen LogP contribution in [0.3, 0.4) is 0 Å². The molecule has 0 radical (unpaired) electrons. The molecular formula is C17H18Cl2N2O3. The number of carbonyl (C=O) groups is 1. The van der Waals surface area contributed by atoms with Crippen LogP contribution in [0.2, 0.25) is 0 Å². The summed E-state index contributed by atoms with van der Waals surface area (Å²) in [6.45, 7) is 0. The second-order valence-electron chi connectivity index (χ2n) is 7.19. The third kappa shape index (κ3) is 2.68. The summed E-state index contributed by atoms with van der Waals surface area (Å²) in [6, 6.07) is 5.95. The number of rotatable bonds is 3. The molecule has 3 saturated carbocycles. The Morgan fingerprint density at radius 3 is 2.12 bits per heavy atom. The summed E-state index contributed by atoms with van der Waals surface area (Å²) in [4.78, 5) is 22.7. The second-order valence-corrected chi connectivity index (χ2v) is 8.63. The summed E-state index contributed by atoms with van der Waals surface area (Å²) in [7, 11) is 0. The number of carbonyl (C=O) groups excluding carboxylic acids is 1. The molecule has 0 bridgehead atoms. The lowest BCUT2D eigenvalue weighted by Gasteiger charge is -2.05. The van der Waals surface area contributed by atoms with Crippen LogP contribution in [-0.2, 0) is 4.79 Å². The molecule has 4 rings (SSSR count). The standard InChI is InChI=1S/C17H18Cl2N2O3/c18-17(19)13-7-5-11-12(6-8-14(13)17)15(11)16(22)20-9-1-3-10(4-2-9)21(23)24/h1-4,11-15H,5-8H2,(H,20,22)/t11-,12-,13-,14-/m1/s1. The Bertz CT molecular complexity index is 670. The van der Waals surface area contributed by atoms with Gasteiger partial charge in [-0.25, -0.2) is 0 Å². The number of anilines is 1. The van der Waals surface area contributed by atoms with Crippen LogP contribution in [0.15, 0.2) is 24.3 Å². The van der Waals surface area contributed by atoms with E-state index in [9.17, 15) is 14.9 Å². The number of nitro benzene ring substituents is 1. The van der Waals surface area contributed by atoms with E-state index in [2.05, 4.69) is 5.32 Å². The SMILES string of the molecule is O=C(Nc1ccc([N+](=O)[O-])cc1)C1[C@@H]2CC[C@@H]3[C@@H](CC[C@@H]12)C3(Cl)Cl. The fourth-order valence-electron chi connectivity index (χ4n) is 4.51. The summed E-state index contributed by atoms with van der Waals surface area (Å²) in [6.07, 6.45) is 4.01. The molecule has 0 aromatic heterocycles. The molecular weight excluding hydrogens is 351 g/mol. The van der Waals surface area contributed by atoms with Gasteiger partial charge in [0.15, 0.2) is 0 Å². The molecule has 1 amide bonds. The van der Waals surface area contributed by atoms with Crippen LogP contribution in [0.4, 0.5) is 11.4 Å². The van der Waals surface area contributed by atoms with E-state index in [4.69, 9.17) is 23.2 Å². The van der Waals surface area contributed by atoms with Gasteiger partial charge in [0.1, 0.15) is 4.33 Å². The average Bonchev–Trinajstić information content (AvgIpc) is 3.32. The van der Waals surface area contributed by atoms with Gasteiger partial charge in [-0.1, -0.05) is 0 Å². The molecule has 0 saturated heterocycles. The zero-order chi connectivity index (χ0) is 17.1. The van der Waals surface area contributed by atoms with Gasteiger partial charge in [0.05, 0.1) is 4.92 Å². The highest BCUT2D eigenvalue weighted by Crippen LogP contribution is 2.67. The highest BCUT2D eigenvalue weighted by atomic mass is 35.5. The molecule has 0 heterocycles. The molecule has 5 nitrogen and oxygen atoms in total. The van der Waals surface area contributed by atoms with E-state index in [1.165, 1.54) is 12.1 Å². The Hall–Kier alpha value is -1.33. The van der Waals surface area contributed by atoms with E-state index in [1.807, 2.05) is 0 Å². The number of nitrogens with zero attached hydrogens (tertiary/aromatic N) is 1. The molecule has 3 aliphatic rings. The third-order valence-electron chi connectivity index (χ3n) is 5.97. The summed E-state index contributed by atoms with van der Waals surface area (Å²) in [5.74, 6) is 1.71. The van der Waals surface area contributed by atoms with E-state index in [-0.39, 0.29) is 17.5 Å². The van der Waals surface area contributed by atoms with Crippen molar-refractivity contribution < 1.29 is 9.72 Å². The van der Waals surface area contributed by atoms with Crippen molar-refractivity contribution in [1.82, 2.24) is 0 Å². The molecule has 3 aliphatic carbocycles. The maximum Gasteiger partial charge on any atom is 0.269 e. The minimum absolute atomic E-state index is 0.0194. The van der Waals surface area contributed by atoms with E-state index in [0.29, 0.717) is 29.4 Å². The van der Waals surface area contributed by atoms with Gasteiger partial charge in [-0.05, 0) is 61.5 Å². The van der Waals surface area contributed by atoms with E-state index in [0.717, 1.165) is 25.7 Å². The first-order valence-corrected chi connectivity index (χ1v) is 9.08. The molecule has 1 N–H and O–H groups in total. The van der Waals surface area contributed by atoms with Gasteiger partial charge in [0, 0.05) is 23.7 Å². The van der Waals surface area contributed by atoms with E-state index >= 15 is 0 Å². The fourth-order valence-corrected chi connectivity index (χ4v) is 5.42. The smallest absolute Gasteiger partial charge is 0.269 e. The Morgan fingerprint density at radius 1 is 1.08 bits per heavy atom. The van der Waals surface area contributed by atoms with E-state index < -0.39 is 9.26 Å². The summed E-state index contributed by atoms with van der Waals surface area (Å²) < 4.78 is -0.534. The molecule has 0 spiro atoms. The first-order chi connectivity index (χ1) is 11.4. The van der Waals surface area contributed by atoms with Crippen LogP contribution < -0.4 is 5.32 Å². The van der Waals surface area contributed by atoms with Crippen molar-refractivity contribution in [3.05, 3.63) is 34.4 Å². The average molecular weight is 369 g/mol. The van der Waals surface area contributed by atoms with Crippen molar-refractivity contribution in [1.29, 1.82) is 0 Å². The van der Waals surface area contributed by atoms with Gasteiger partial charge in [-0.3, -0.25) is 14.9 Å². The van der Waals surface area contributed by atoms with Crippen molar-refractivity contribution in [3.8, 4) is 0 Å². The summed E-state index contributed by atoms with van der Waals surface area (Å²) in [5.41, 5.74) is 0.624. The van der Waals surface area contributed by atoms with Gasteiger partial charge in [0.2, 0.25) is 5.91 Å². The predicted molar refractivity (Wildman–Crippen MR) is 92.1 cm³/mol. The molecule has 24 heavy (non-hydrogen) atoms. The van der Waals surface area contributed by atoms with Gasteiger partial charge in [-0.2, -0.15) is 0 Å². The van der Waals surface area contributed by atoms with Gasteiger partial charge in [0.25, 0.3) is 5.69 Å². The van der Waals surface area contributed by atoms with Crippen LogP contribution >= 0.6 is 23.2 Å². The minimum atomic E-state index is -0.534. The number of benzene rings is 1. The van der Waals surface area contributed by atoms with Gasteiger partial charge < -0.3 is 5.32 Å². The quantitative estimate of drug-likeness (QED) is 0.488. The molecule has 0 aliphatic heterocycles. The molecule has 7 heteroatoms. The van der Waals surface area contributed by atoms with Crippen molar-refractivity contribution in [2.75, 3.05) is 5.32 Å².